The number of hydrogen-bond donors (Lipinski definition) is 2. The highest BCUT2D eigenvalue weighted by Gasteiger charge is 2.22. The van der Waals surface area contributed by atoms with Crippen molar-refractivity contribution in [3.05, 3.63) is 85.1 Å². The van der Waals surface area contributed by atoms with Crippen LogP contribution < -0.4 is 0 Å². The molecule has 0 aliphatic carbocycles. The molecule has 0 heterocycles. The van der Waals surface area contributed by atoms with Gasteiger partial charge < -0.3 is 19.3 Å². The van der Waals surface area contributed by atoms with Gasteiger partial charge in [-0.05, 0) is 89.9 Å². The first-order valence-electron chi connectivity index (χ1n) is 19.9. The highest BCUT2D eigenvalue weighted by atomic mass is 31.2. The summed E-state index contributed by atoms with van der Waals surface area (Å²) in [6, 6.07) is 0. The van der Waals surface area contributed by atoms with Gasteiger partial charge in [0, 0.05) is 12.8 Å². The van der Waals surface area contributed by atoms with Crippen LogP contribution in [0.15, 0.2) is 85.1 Å². The summed E-state index contributed by atoms with van der Waals surface area (Å²) >= 11 is 0. The summed E-state index contributed by atoms with van der Waals surface area (Å²) in [5.74, 6) is -0.984. The molecule has 52 heavy (non-hydrogen) atoms. The lowest BCUT2D eigenvalue weighted by Crippen LogP contribution is -2.29. The Morgan fingerprint density at radius 3 is 1.33 bits per heavy atom. The topological polar surface area (TPSA) is 119 Å². The van der Waals surface area contributed by atoms with Gasteiger partial charge in [0.1, 0.15) is 6.61 Å². The molecule has 1 atom stereocenters. The lowest BCUT2D eigenvalue weighted by atomic mass is 10.1. The van der Waals surface area contributed by atoms with E-state index in [1.807, 2.05) is 12.2 Å². The predicted molar refractivity (Wildman–Crippen MR) is 216 cm³/mol. The highest BCUT2D eigenvalue weighted by molar-refractivity contribution is 7.46. The van der Waals surface area contributed by atoms with Crippen LogP contribution >= 0.6 is 7.82 Å². The van der Waals surface area contributed by atoms with E-state index in [1.54, 1.807) is 0 Å². The minimum absolute atomic E-state index is 0.126. The fourth-order valence-corrected chi connectivity index (χ4v) is 5.26. The molecule has 0 spiro atoms. The first-order chi connectivity index (χ1) is 25.3. The van der Waals surface area contributed by atoms with Gasteiger partial charge in [-0.1, -0.05) is 137 Å². The van der Waals surface area contributed by atoms with E-state index in [1.165, 1.54) is 44.9 Å². The molecule has 0 unspecified atom stereocenters. The Morgan fingerprint density at radius 1 is 0.500 bits per heavy atom. The van der Waals surface area contributed by atoms with Gasteiger partial charge in [0.05, 0.1) is 6.61 Å². The van der Waals surface area contributed by atoms with Crippen molar-refractivity contribution in [2.24, 2.45) is 0 Å². The zero-order valence-electron chi connectivity index (χ0n) is 32.4. The molecule has 0 saturated carbocycles. The van der Waals surface area contributed by atoms with Crippen LogP contribution in [-0.4, -0.2) is 41.0 Å². The third-order valence-corrected chi connectivity index (χ3v) is 8.37. The monoisotopic (exact) mass is 746 g/mol. The molecule has 9 heteroatoms. The zero-order valence-corrected chi connectivity index (χ0v) is 33.3. The van der Waals surface area contributed by atoms with Crippen LogP contribution in [0.2, 0.25) is 0 Å². The molecule has 0 fully saturated rings. The van der Waals surface area contributed by atoms with Crippen LogP contribution in [0.4, 0.5) is 0 Å². The second kappa shape index (κ2) is 38.0. The number of phosphoric acid groups is 1. The number of carbonyl (C=O) groups excluding carboxylic acids is 2. The van der Waals surface area contributed by atoms with E-state index >= 15 is 0 Å². The molecule has 2 N–H and O–H groups in total. The molecule has 0 aliphatic heterocycles. The fraction of sp³-hybridized carbons (Fsp3) is 0.628. The van der Waals surface area contributed by atoms with E-state index in [4.69, 9.17) is 19.3 Å². The zero-order chi connectivity index (χ0) is 38.2. The fourth-order valence-electron chi connectivity index (χ4n) is 4.90. The Kier molecular flexibility index (Phi) is 35.9. The first kappa shape index (κ1) is 49.2. The molecule has 0 saturated heterocycles. The lowest BCUT2D eigenvalue weighted by Gasteiger charge is -2.18. The molecule has 0 rings (SSSR count). The van der Waals surface area contributed by atoms with Gasteiger partial charge in [0.15, 0.2) is 6.10 Å². The quantitative estimate of drug-likeness (QED) is 0.0285. The third-order valence-electron chi connectivity index (χ3n) is 7.89. The van der Waals surface area contributed by atoms with Gasteiger partial charge in [0.25, 0.3) is 0 Å². The second-order valence-electron chi connectivity index (χ2n) is 12.9. The average molecular weight is 747 g/mol. The third kappa shape index (κ3) is 40.0. The van der Waals surface area contributed by atoms with Gasteiger partial charge in [-0.2, -0.15) is 0 Å². The normalized spacial score (nSPS) is 13.4. The minimum Gasteiger partial charge on any atom is -0.462 e. The number of esters is 2. The first-order valence-corrected chi connectivity index (χ1v) is 21.4. The summed E-state index contributed by atoms with van der Waals surface area (Å²) in [5.41, 5.74) is 0. The molecule has 0 aromatic rings. The Hall–Kier alpha value is -2.77. The molecule has 0 aromatic heterocycles. The van der Waals surface area contributed by atoms with E-state index in [-0.39, 0.29) is 19.4 Å². The van der Waals surface area contributed by atoms with Crippen LogP contribution in [0.25, 0.3) is 0 Å². The maximum atomic E-state index is 12.4. The molecular formula is C43H71O8P. The predicted octanol–water partition coefficient (Wildman–Crippen LogP) is 12.1. The molecule has 0 amide bonds. The van der Waals surface area contributed by atoms with E-state index in [2.05, 4.69) is 91.3 Å². The number of unbranched alkanes of at least 4 members (excludes halogenated alkanes) is 11. The van der Waals surface area contributed by atoms with Crippen molar-refractivity contribution >= 4 is 19.8 Å². The maximum Gasteiger partial charge on any atom is 0.469 e. The summed E-state index contributed by atoms with van der Waals surface area (Å²) in [6.07, 6.45) is 50.2. The van der Waals surface area contributed by atoms with Gasteiger partial charge in [0.2, 0.25) is 0 Å². The van der Waals surface area contributed by atoms with Crippen molar-refractivity contribution in [3.8, 4) is 0 Å². The van der Waals surface area contributed by atoms with Crippen LogP contribution in [0, 0.1) is 0 Å². The lowest BCUT2D eigenvalue weighted by molar-refractivity contribution is -0.161. The molecule has 0 radical (unpaired) electrons. The van der Waals surface area contributed by atoms with Gasteiger partial charge in [-0.25, -0.2) is 4.57 Å². The van der Waals surface area contributed by atoms with Gasteiger partial charge in [-0.3, -0.25) is 14.1 Å². The number of ether oxygens (including phenoxy) is 2. The number of phosphoric ester groups is 1. The molecule has 8 nitrogen and oxygen atoms in total. The summed E-state index contributed by atoms with van der Waals surface area (Å²) < 4.78 is 26.3. The van der Waals surface area contributed by atoms with Crippen LogP contribution in [0.5, 0.6) is 0 Å². The SMILES string of the molecule is CCCCC/C=C\C/C=C\C/C=C\C/C=C\CCCC(=O)O[C@H](COC(=O)CCCCCC/C=C\C/C=C\C/C=C\CCCCC)COP(=O)(O)O. The van der Waals surface area contributed by atoms with Crippen LogP contribution in [0.3, 0.4) is 0 Å². The van der Waals surface area contributed by atoms with E-state index in [0.29, 0.717) is 19.3 Å². The summed E-state index contributed by atoms with van der Waals surface area (Å²) in [7, 11) is -4.78. The van der Waals surface area contributed by atoms with Crippen molar-refractivity contribution in [2.75, 3.05) is 13.2 Å². The maximum absolute atomic E-state index is 12.4. The van der Waals surface area contributed by atoms with Crippen molar-refractivity contribution in [1.82, 2.24) is 0 Å². The van der Waals surface area contributed by atoms with Crippen molar-refractivity contribution in [3.63, 3.8) is 0 Å². The molecule has 296 valence electrons. The van der Waals surface area contributed by atoms with E-state index < -0.39 is 32.5 Å². The Morgan fingerprint density at radius 2 is 0.885 bits per heavy atom. The highest BCUT2D eigenvalue weighted by Crippen LogP contribution is 2.35. The Labute approximate surface area is 316 Å². The number of rotatable bonds is 35. The second-order valence-corrected chi connectivity index (χ2v) is 14.1. The Balaban J connectivity index is 4.12. The summed E-state index contributed by atoms with van der Waals surface area (Å²) in [4.78, 5) is 42.7. The molecule has 0 aromatic carbocycles. The van der Waals surface area contributed by atoms with E-state index in [0.717, 1.165) is 64.2 Å². The number of allylic oxidation sites excluding steroid dienone is 14. The van der Waals surface area contributed by atoms with Crippen LogP contribution in [-0.2, 0) is 28.2 Å². The van der Waals surface area contributed by atoms with Crippen LogP contribution in [0.1, 0.15) is 155 Å². The smallest absolute Gasteiger partial charge is 0.462 e. The van der Waals surface area contributed by atoms with E-state index in [9.17, 15) is 14.2 Å². The largest absolute Gasteiger partial charge is 0.469 e. The van der Waals surface area contributed by atoms with Gasteiger partial charge >= 0.3 is 19.8 Å². The average Bonchev–Trinajstić information content (AvgIpc) is 3.11. The Bertz CT molecular complexity index is 1110. The summed E-state index contributed by atoms with van der Waals surface area (Å²) in [6.45, 7) is 3.54. The molecular weight excluding hydrogens is 675 g/mol. The van der Waals surface area contributed by atoms with Crippen molar-refractivity contribution in [2.45, 2.75) is 161 Å². The molecule has 0 aliphatic rings. The summed E-state index contributed by atoms with van der Waals surface area (Å²) in [5, 5.41) is 0. The number of carbonyl (C=O) groups is 2. The van der Waals surface area contributed by atoms with Crippen molar-refractivity contribution < 1.29 is 37.9 Å². The van der Waals surface area contributed by atoms with Gasteiger partial charge in [-0.15, -0.1) is 0 Å². The number of hydrogen-bond acceptors (Lipinski definition) is 6. The molecule has 0 bridgehead atoms. The van der Waals surface area contributed by atoms with Crippen molar-refractivity contribution in [1.29, 1.82) is 0 Å². The minimum atomic E-state index is -4.78. The standard InChI is InChI=1S/C43H71O8P/c1-3-5-7-9-11-13-15-17-19-21-23-25-27-29-31-33-35-37-42(44)49-39-41(40-50-52(46,47)48)51-43(45)38-36-34-32-30-28-26-24-22-20-18-16-14-12-10-8-6-4-2/h11-14,17-20,23-26,30,32,41H,3-10,15-16,21-22,27-29,31,33-40H2,1-2H3,(H2,46,47,48)/b13-11-,14-12-,19-17-,20-18-,25-23-,26-24-,32-30-/t41-/m1/s1.